The number of carbonyl (C=O) groups is 1. The minimum Gasteiger partial charge on any atom is -0.487 e. The Morgan fingerprint density at radius 1 is 0.587 bits per heavy atom. The highest BCUT2D eigenvalue weighted by atomic mass is 16.6. The van der Waals surface area contributed by atoms with Gasteiger partial charge in [-0.15, -0.1) is 0 Å². The van der Waals surface area contributed by atoms with Crippen molar-refractivity contribution in [1.82, 2.24) is 0 Å². The van der Waals surface area contributed by atoms with Gasteiger partial charge in [-0.05, 0) is 67.1 Å². The van der Waals surface area contributed by atoms with Crippen LogP contribution in [0.25, 0.3) is 0 Å². The van der Waals surface area contributed by atoms with Crippen LogP contribution in [-0.2, 0) is 16.0 Å². The molecule has 8 nitrogen and oxygen atoms in total. The maximum atomic E-state index is 13.4. The zero-order valence-corrected chi connectivity index (χ0v) is 27.3. The van der Waals surface area contributed by atoms with Crippen LogP contribution in [0.1, 0.15) is 40.9 Å². The zero-order valence-electron chi connectivity index (χ0n) is 27.3. The smallest absolute Gasteiger partial charge is 0.193 e. The van der Waals surface area contributed by atoms with Gasteiger partial charge in [0, 0.05) is 30.4 Å². The normalized spacial score (nSPS) is 14.1. The van der Waals surface area contributed by atoms with Crippen molar-refractivity contribution in [2.24, 2.45) is 0 Å². The highest BCUT2D eigenvalue weighted by molar-refractivity contribution is 6.09. The van der Waals surface area contributed by atoms with Gasteiger partial charge in [-0.1, -0.05) is 55.8 Å². The van der Waals surface area contributed by atoms with E-state index in [1.807, 2.05) is 69.4 Å². The summed E-state index contributed by atoms with van der Waals surface area (Å²) in [5.41, 5.74) is 4.61. The molecule has 0 saturated carbocycles. The average molecular weight is 628 g/mol. The maximum absolute atomic E-state index is 13.4. The van der Waals surface area contributed by atoms with Crippen LogP contribution >= 0.6 is 0 Å². The first-order valence-electron chi connectivity index (χ1n) is 15.9. The Morgan fingerprint density at radius 3 is 1.61 bits per heavy atom. The second kappa shape index (κ2) is 18.4. The van der Waals surface area contributed by atoms with E-state index in [9.17, 15) is 4.79 Å². The highest BCUT2D eigenvalue weighted by Gasteiger charge is 2.15. The van der Waals surface area contributed by atoms with Gasteiger partial charge in [-0.3, -0.25) is 4.79 Å². The topological polar surface area (TPSA) is 75.7 Å². The van der Waals surface area contributed by atoms with Crippen molar-refractivity contribution in [3.05, 3.63) is 113 Å². The SMILES string of the molecule is CC.Cc1ccc(CN(C)c2ccc(C(=O)c3ccc4c(c3)OCCOCCOc3ccccc3OCCOCCO4)cc2)cc1. The molecule has 0 N–H and O–H groups in total. The quantitative estimate of drug-likeness (QED) is 0.216. The van der Waals surface area contributed by atoms with Crippen LogP contribution in [-0.4, -0.2) is 65.7 Å². The fraction of sp³-hybridized carbons (Fsp3) is 0.342. The van der Waals surface area contributed by atoms with Crippen LogP contribution in [0.3, 0.4) is 0 Å². The van der Waals surface area contributed by atoms with Crippen molar-refractivity contribution < 1.29 is 33.2 Å². The molecule has 0 aromatic heterocycles. The minimum absolute atomic E-state index is 0.0967. The summed E-state index contributed by atoms with van der Waals surface area (Å²) in [5.74, 6) is 2.24. The standard InChI is InChI=1S/C36H39NO7.C2H6/c1-27-7-9-28(10-8-27)26-37(2)31-14-11-29(12-15-31)36(38)30-13-16-34-35(25-30)44-24-20-40-18-22-42-33-6-4-3-5-32(33)41-21-17-39-19-23-43-34;1-2/h3-16,25H,17-24,26H2,1-2H3;1-2H3. The van der Waals surface area contributed by atoms with E-state index in [0.29, 0.717) is 80.4 Å². The van der Waals surface area contributed by atoms with Crippen LogP contribution < -0.4 is 23.8 Å². The van der Waals surface area contributed by atoms with E-state index in [2.05, 4.69) is 36.1 Å². The van der Waals surface area contributed by atoms with Gasteiger partial charge in [0.25, 0.3) is 0 Å². The van der Waals surface area contributed by atoms with Crippen molar-refractivity contribution in [1.29, 1.82) is 0 Å². The first kappa shape index (κ1) is 34.3. The summed E-state index contributed by atoms with van der Waals surface area (Å²) < 4.78 is 35.0. The molecule has 4 aromatic rings. The third kappa shape index (κ3) is 10.3. The summed E-state index contributed by atoms with van der Waals surface area (Å²) in [6.07, 6.45) is 0. The molecule has 0 atom stereocenters. The Morgan fingerprint density at radius 2 is 1.07 bits per heavy atom. The fourth-order valence-electron chi connectivity index (χ4n) is 4.71. The number of hydrogen-bond donors (Lipinski definition) is 0. The molecule has 0 bridgehead atoms. The number of hydrogen-bond acceptors (Lipinski definition) is 8. The summed E-state index contributed by atoms with van der Waals surface area (Å²) >= 11 is 0. The lowest BCUT2D eigenvalue weighted by Gasteiger charge is -2.20. The molecule has 1 aliphatic rings. The largest absolute Gasteiger partial charge is 0.487 e. The second-order valence-electron chi connectivity index (χ2n) is 10.4. The summed E-state index contributed by atoms with van der Waals surface area (Å²) in [7, 11) is 2.04. The maximum Gasteiger partial charge on any atom is 0.193 e. The van der Waals surface area contributed by atoms with E-state index in [-0.39, 0.29) is 12.4 Å². The number of anilines is 1. The van der Waals surface area contributed by atoms with Crippen molar-refractivity contribution in [2.75, 3.05) is 64.8 Å². The molecule has 0 unspecified atom stereocenters. The van der Waals surface area contributed by atoms with Gasteiger partial charge in [0.2, 0.25) is 0 Å². The van der Waals surface area contributed by atoms with Crippen LogP contribution in [0.15, 0.2) is 91.0 Å². The van der Waals surface area contributed by atoms with Gasteiger partial charge in [0.1, 0.15) is 26.4 Å². The third-order valence-electron chi connectivity index (χ3n) is 7.11. The molecule has 0 amide bonds. The number of ketones is 1. The van der Waals surface area contributed by atoms with Crippen LogP contribution in [0, 0.1) is 6.92 Å². The van der Waals surface area contributed by atoms with Gasteiger partial charge in [-0.25, -0.2) is 0 Å². The number of fused-ring (bicyclic) bond motifs is 2. The predicted molar refractivity (Wildman–Crippen MR) is 181 cm³/mol. The number of para-hydroxylation sites is 2. The Hall–Kier alpha value is -4.53. The molecule has 8 heteroatoms. The fourth-order valence-corrected chi connectivity index (χ4v) is 4.71. The Balaban J connectivity index is 0.00000235. The number of benzene rings is 4. The van der Waals surface area contributed by atoms with E-state index < -0.39 is 0 Å². The number of carbonyl (C=O) groups excluding carboxylic acids is 1. The second-order valence-corrected chi connectivity index (χ2v) is 10.4. The zero-order chi connectivity index (χ0) is 32.6. The molecule has 4 aromatic carbocycles. The Bertz CT molecular complexity index is 1490. The molecular weight excluding hydrogens is 582 g/mol. The molecule has 0 radical (unpaired) electrons. The first-order chi connectivity index (χ1) is 22.6. The van der Waals surface area contributed by atoms with E-state index in [1.165, 1.54) is 11.1 Å². The lowest BCUT2D eigenvalue weighted by Crippen LogP contribution is -2.16. The van der Waals surface area contributed by atoms with E-state index in [0.717, 1.165) is 12.2 Å². The van der Waals surface area contributed by atoms with Crippen molar-refractivity contribution in [3.8, 4) is 23.0 Å². The average Bonchev–Trinajstić information content (AvgIpc) is 3.09. The van der Waals surface area contributed by atoms with E-state index in [4.69, 9.17) is 28.4 Å². The number of nitrogens with zero attached hydrogens (tertiary/aromatic N) is 1. The molecule has 0 spiro atoms. The molecule has 244 valence electrons. The summed E-state index contributed by atoms with van der Waals surface area (Å²) in [5, 5.41) is 0. The van der Waals surface area contributed by atoms with Crippen molar-refractivity contribution in [2.45, 2.75) is 27.3 Å². The molecule has 0 fully saturated rings. The molecule has 1 aliphatic heterocycles. The van der Waals surface area contributed by atoms with Crippen LogP contribution in [0.4, 0.5) is 5.69 Å². The lowest BCUT2D eigenvalue weighted by molar-refractivity contribution is 0.0640. The van der Waals surface area contributed by atoms with Gasteiger partial charge in [0.05, 0.1) is 26.4 Å². The lowest BCUT2D eigenvalue weighted by atomic mass is 10.0. The number of rotatable bonds is 5. The predicted octanol–water partition coefficient (Wildman–Crippen LogP) is 7.15. The number of aryl methyl sites for hydroxylation is 1. The Kier molecular flexibility index (Phi) is 13.8. The molecule has 0 saturated heterocycles. The summed E-state index contributed by atoms with van der Waals surface area (Å²) in [4.78, 5) is 15.6. The molecule has 5 rings (SSSR count). The summed E-state index contributed by atoms with van der Waals surface area (Å²) in [6.45, 7) is 9.72. The van der Waals surface area contributed by atoms with Crippen molar-refractivity contribution in [3.63, 3.8) is 0 Å². The van der Waals surface area contributed by atoms with E-state index in [1.54, 1.807) is 18.2 Å². The Labute approximate surface area is 272 Å². The first-order valence-corrected chi connectivity index (χ1v) is 15.9. The molecule has 46 heavy (non-hydrogen) atoms. The third-order valence-corrected chi connectivity index (χ3v) is 7.11. The van der Waals surface area contributed by atoms with Gasteiger partial charge in [-0.2, -0.15) is 0 Å². The molecular formula is C38H45NO7. The van der Waals surface area contributed by atoms with Gasteiger partial charge in [0.15, 0.2) is 28.8 Å². The van der Waals surface area contributed by atoms with Gasteiger partial charge < -0.3 is 33.3 Å². The van der Waals surface area contributed by atoms with E-state index >= 15 is 0 Å². The molecule has 1 heterocycles. The highest BCUT2D eigenvalue weighted by Crippen LogP contribution is 2.30. The van der Waals surface area contributed by atoms with Gasteiger partial charge >= 0.3 is 0 Å². The monoisotopic (exact) mass is 627 g/mol. The summed E-state index contributed by atoms with van der Waals surface area (Å²) in [6, 6.07) is 28.9. The number of ether oxygens (including phenoxy) is 6. The minimum atomic E-state index is -0.0967. The van der Waals surface area contributed by atoms with Crippen LogP contribution in [0.5, 0.6) is 23.0 Å². The van der Waals surface area contributed by atoms with Crippen LogP contribution in [0.2, 0.25) is 0 Å². The molecule has 0 aliphatic carbocycles. The van der Waals surface area contributed by atoms with Crippen molar-refractivity contribution >= 4 is 11.5 Å².